The van der Waals surface area contributed by atoms with Crippen LogP contribution in [0.1, 0.15) is 10.4 Å². The second-order valence-corrected chi connectivity index (χ2v) is 6.94. The Labute approximate surface area is 163 Å². The van der Waals surface area contributed by atoms with E-state index < -0.39 is 0 Å². The van der Waals surface area contributed by atoms with Crippen molar-refractivity contribution in [2.75, 3.05) is 18.9 Å². The van der Waals surface area contributed by atoms with Crippen molar-refractivity contribution in [3.05, 3.63) is 59.2 Å². The third-order valence-corrected chi connectivity index (χ3v) is 5.28. The number of benzene rings is 2. The maximum absolute atomic E-state index is 13.0. The van der Waals surface area contributed by atoms with Gasteiger partial charge in [0.1, 0.15) is 21.6 Å². The monoisotopic (exact) mass is 405 g/mol. The molecule has 1 aromatic heterocycles. The average molecular weight is 405 g/mol. The van der Waals surface area contributed by atoms with E-state index in [0.717, 1.165) is 15.6 Å². The summed E-state index contributed by atoms with van der Waals surface area (Å²) in [5.74, 6) is -0.125. The van der Waals surface area contributed by atoms with Crippen LogP contribution in [0.2, 0.25) is 0 Å². The number of methoxy groups -OCH3 is 1. The molecule has 0 saturated heterocycles. The molecule has 0 saturated carbocycles. The summed E-state index contributed by atoms with van der Waals surface area (Å²) in [5, 5.41) is 3.48. The van der Waals surface area contributed by atoms with E-state index in [1.54, 1.807) is 30.3 Å². The standard InChI is InChI=1S/C18H16FN3O3S2/c1-24-15-9-12(17(23)21-25-2)5-8-14(15)22-27-16-10-26-18(20-16)11-3-6-13(19)7-4-11/h3-10,22H,1-2H3,(H,21,23). The van der Waals surface area contributed by atoms with E-state index in [1.807, 2.05) is 5.38 Å². The molecule has 3 aromatic rings. The minimum Gasteiger partial charge on any atom is -0.495 e. The molecule has 2 N–H and O–H groups in total. The van der Waals surface area contributed by atoms with Crippen molar-refractivity contribution in [3.8, 4) is 16.3 Å². The van der Waals surface area contributed by atoms with Gasteiger partial charge in [0.2, 0.25) is 0 Å². The molecule has 0 unspecified atom stereocenters. The van der Waals surface area contributed by atoms with Crippen LogP contribution in [0.5, 0.6) is 5.75 Å². The SMILES string of the molecule is CONC(=O)c1ccc(NSc2csc(-c3ccc(F)cc3)n2)c(OC)c1. The van der Waals surface area contributed by atoms with Crippen LogP contribution in [0, 0.1) is 5.82 Å². The van der Waals surface area contributed by atoms with Crippen molar-refractivity contribution in [2.45, 2.75) is 5.03 Å². The molecule has 0 radical (unpaired) electrons. The molecular weight excluding hydrogens is 389 g/mol. The molecule has 9 heteroatoms. The fraction of sp³-hybridized carbons (Fsp3) is 0.111. The zero-order valence-electron chi connectivity index (χ0n) is 14.5. The number of nitrogens with zero attached hydrogens (tertiary/aromatic N) is 1. The molecule has 0 atom stereocenters. The average Bonchev–Trinajstić information content (AvgIpc) is 3.16. The van der Waals surface area contributed by atoms with E-state index in [9.17, 15) is 9.18 Å². The highest BCUT2D eigenvalue weighted by molar-refractivity contribution is 8.00. The molecule has 1 heterocycles. The van der Waals surface area contributed by atoms with Crippen LogP contribution in [-0.4, -0.2) is 25.1 Å². The maximum atomic E-state index is 13.0. The van der Waals surface area contributed by atoms with Crippen LogP contribution < -0.4 is 14.9 Å². The summed E-state index contributed by atoms with van der Waals surface area (Å²) in [4.78, 5) is 21.0. The molecular formula is C18H16FN3O3S2. The minimum absolute atomic E-state index is 0.277. The number of thiazole rings is 1. The number of hydrogen-bond donors (Lipinski definition) is 2. The molecule has 0 aliphatic carbocycles. The molecule has 6 nitrogen and oxygen atoms in total. The topological polar surface area (TPSA) is 72.5 Å². The van der Waals surface area contributed by atoms with Crippen LogP contribution in [-0.2, 0) is 4.84 Å². The van der Waals surface area contributed by atoms with Crippen molar-refractivity contribution in [3.63, 3.8) is 0 Å². The van der Waals surface area contributed by atoms with Gasteiger partial charge in [-0.15, -0.1) is 11.3 Å². The van der Waals surface area contributed by atoms with Gasteiger partial charge in [-0.05, 0) is 42.5 Å². The number of amides is 1. The van der Waals surface area contributed by atoms with E-state index >= 15 is 0 Å². The first-order valence-electron chi connectivity index (χ1n) is 7.76. The Morgan fingerprint density at radius 3 is 2.67 bits per heavy atom. The summed E-state index contributed by atoms with van der Waals surface area (Å²) in [6, 6.07) is 11.2. The minimum atomic E-state index is -0.363. The molecule has 0 aliphatic heterocycles. The van der Waals surface area contributed by atoms with Gasteiger partial charge in [-0.2, -0.15) is 0 Å². The lowest BCUT2D eigenvalue weighted by Gasteiger charge is -2.11. The van der Waals surface area contributed by atoms with Crippen molar-refractivity contribution in [1.29, 1.82) is 0 Å². The number of aromatic nitrogens is 1. The highest BCUT2D eigenvalue weighted by Crippen LogP contribution is 2.32. The molecule has 3 rings (SSSR count). The Morgan fingerprint density at radius 1 is 1.19 bits per heavy atom. The number of halogens is 1. The number of hydroxylamine groups is 1. The number of rotatable bonds is 7. The predicted octanol–water partition coefficient (Wildman–Crippen LogP) is 4.37. The van der Waals surface area contributed by atoms with Gasteiger partial charge < -0.3 is 9.46 Å². The van der Waals surface area contributed by atoms with Crippen LogP contribution in [0.15, 0.2) is 52.9 Å². The lowest BCUT2D eigenvalue weighted by molar-refractivity contribution is 0.0537. The molecule has 0 fully saturated rings. The van der Waals surface area contributed by atoms with Crippen LogP contribution in [0.4, 0.5) is 10.1 Å². The zero-order valence-corrected chi connectivity index (χ0v) is 16.1. The summed E-state index contributed by atoms with van der Waals surface area (Å²) in [5.41, 5.74) is 4.24. The highest BCUT2D eigenvalue weighted by Gasteiger charge is 2.11. The van der Waals surface area contributed by atoms with Gasteiger partial charge in [-0.25, -0.2) is 14.9 Å². The number of anilines is 1. The van der Waals surface area contributed by atoms with Gasteiger partial charge in [0.15, 0.2) is 0 Å². The normalized spacial score (nSPS) is 10.5. The molecule has 0 aliphatic rings. The first-order valence-corrected chi connectivity index (χ1v) is 9.46. The summed E-state index contributed by atoms with van der Waals surface area (Å²) in [7, 11) is 2.90. The van der Waals surface area contributed by atoms with E-state index in [4.69, 9.17) is 4.74 Å². The van der Waals surface area contributed by atoms with E-state index in [0.29, 0.717) is 17.0 Å². The molecule has 0 bridgehead atoms. The van der Waals surface area contributed by atoms with Crippen molar-refractivity contribution in [1.82, 2.24) is 10.5 Å². The summed E-state index contributed by atoms with van der Waals surface area (Å²) >= 11 is 2.79. The second kappa shape index (κ2) is 8.85. The van der Waals surface area contributed by atoms with Crippen LogP contribution in [0.25, 0.3) is 10.6 Å². The number of ether oxygens (including phenoxy) is 1. The van der Waals surface area contributed by atoms with Gasteiger partial charge in [0.05, 0.1) is 19.9 Å². The maximum Gasteiger partial charge on any atom is 0.274 e. The van der Waals surface area contributed by atoms with Gasteiger partial charge in [0, 0.05) is 28.5 Å². The molecule has 0 spiro atoms. The third-order valence-electron chi connectivity index (χ3n) is 3.50. The lowest BCUT2D eigenvalue weighted by Crippen LogP contribution is -2.21. The molecule has 27 heavy (non-hydrogen) atoms. The van der Waals surface area contributed by atoms with Crippen molar-refractivity contribution in [2.24, 2.45) is 0 Å². The van der Waals surface area contributed by atoms with Gasteiger partial charge in [-0.3, -0.25) is 9.63 Å². The van der Waals surface area contributed by atoms with Gasteiger partial charge in [0.25, 0.3) is 5.91 Å². The Morgan fingerprint density at radius 2 is 1.96 bits per heavy atom. The van der Waals surface area contributed by atoms with Crippen LogP contribution >= 0.6 is 23.3 Å². The molecule has 2 aromatic carbocycles. The van der Waals surface area contributed by atoms with Crippen LogP contribution in [0.3, 0.4) is 0 Å². The molecule has 1 amide bonds. The van der Waals surface area contributed by atoms with E-state index in [-0.39, 0.29) is 11.7 Å². The third kappa shape index (κ3) is 4.76. The Hall–Kier alpha value is -2.62. The van der Waals surface area contributed by atoms with E-state index in [1.165, 1.54) is 49.6 Å². The smallest absolute Gasteiger partial charge is 0.274 e. The first kappa shape index (κ1) is 19.2. The molecule has 140 valence electrons. The number of carbonyl (C=O) groups excluding carboxylic acids is 1. The number of nitrogens with one attached hydrogen (secondary N) is 2. The first-order chi connectivity index (χ1) is 13.1. The summed E-state index contributed by atoms with van der Waals surface area (Å²) in [6.45, 7) is 0. The fourth-order valence-corrected chi connectivity index (χ4v) is 3.81. The largest absolute Gasteiger partial charge is 0.495 e. The van der Waals surface area contributed by atoms with E-state index in [2.05, 4.69) is 20.0 Å². The number of hydrogen-bond acceptors (Lipinski definition) is 7. The fourth-order valence-electron chi connectivity index (χ4n) is 2.21. The summed E-state index contributed by atoms with van der Waals surface area (Å²) < 4.78 is 21.5. The Balaban J connectivity index is 1.69. The number of carbonyl (C=O) groups is 1. The Kier molecular flexibility index (Phi) is 6.28. The van der Waals surface area contributed by atoms with Gasteiger partial charge >= 0.3 is 0 Å². The zero-order chi connectivity index (χ0) is 19.2. The van der Waals surface area contributed by atoms with Gasteiger partial charge in [-0.1, -0.05) is 0 Å². The predicted molar refractivity (Wildman–Crippen MR) is 104 cm³/mol. The quantitative estimate of drug-likeness (QED) is 0.449. The Bertz CT molecular complexity index is 932. The summed E-state index contributed by atoms with van der Waals surface area (Å²) in [6.07, 6.45) is 0. The highest BCUT2D eigenvalue weighted by atomic mass is 32.2. The van der Waals surface area contributed by atoms with Crippen molar-refractivity contribution >= 4 is 34.9 Å². The second-order valence-electron chi connectivity index (χ2n) is 5.25. The van der Waals surface area contributed by atoms with Crippen molar-refractivity contribution < 1.29 is 18.8 Å². The lowest BCUT2D eigenvalue weighted by atomic mass is 10.2.